The first-order valence-electron chi connectivity index (χ1n) is 5.76. The van der Waals surface area contributed by atoms with Crippen molar-refractivity contribution < 1.29 is 14.6 Å². The van der Waals surface area contributed by atoms with Gasteiger partial charge in [0.15, 0.2) is 0 Å². The van der Waals surface area contributed by atoms with E-state index in [9.17, 15) is 9.90 Å². The van der Waals surface area contributed by atoms with Gasteiger partial charge in [0.2, 0.25) is 5.91 Å². The molecule has 4 nitrogen and oxygen atoms in total. The van der Waals surface area contributed by atoms with Crippen LogP contribution in [0.5, 0.6) is 0 Å². The first kappa shape index (κ1) is 12.5. The molecule has 1 aromatic rings. The maximum Gasteiger partial charge on any atom is 0.220 e. The zero-order chi connectivity index (χ0) is 12.1. The van der Waals surface area contributed by atoms with Gasteiger partial charge in [-0.2, -0.15) is 11.3 Å². The quantitative estimate of drug-likeness (QED) is 0.823. The fourth-order valence-corrected chi connectivity index (χ4v) is 2.48. The largest absolute Gasteiger partial charge is 0.386 e. The zero-order valence-electron chi connectivity index (χ0n) is 9.65. The minimum absolute atomic E-state index is 0.0171. The monoisotopic (exact) mass is 255 g/mol. The van der Waals surface area contributed by atoms with Gasteiger partial charge in [-0.1, -0.05) is 0 Å². The van der Waals surface area contributed by atoms with Gasteiger partial charge in [-0.3, -0.25) is 4.79 Å². The van der Waals surface area contributed by atoms with Gasteiger partial charge in [-0.05, 0) is 28.8 Å². The Morgan fingerprint density at radius 2 is 2.53 bits per heavy atom. The second kappa shape index (κ2) is 5.62. The number of hydrogen-bond acceptors (Lipinski definition) is 4. The maximum absolute atomic E-state index is 11.6. The van der Waals surface area contributed by atoms with E-state index < -0.39 is 5.60 Å². The van der Waals surface area contributed by atoms with E-state index in [2.05, 4.69) is 5.32 Å². The third-order valence-corrected chi connectivity index (χ3v) is 3.65. The number of aryl methyl sites for hydroxylation is 1. The molecule has 0 aromatic carbocycles. The summed E-state index contributed by atoms with van der Waals surface area (Å²) in [5, 5.41) is 16.8. The normalized spacial score (nSPS) is 23.8. The number of nitrogens with one attached hydrogen (secondary N) is 1. The summed E-state index contributed by atoms with van der Waals surface area (Å²) >= 11 is 1.64. The van der Waals surface area contributed by atoms with Crippen molar-refractivity contribution in [3.05, 3.63) is 22.4 Å². The Kier molecular flexibility index (Phi) is 4.15. The van der Waals surface area contributed by atoms with Crippen molar-refractivity contribution in [3.8, 4) is 0 Å². The lowest BCUT2D eigenvalue weighted by atomic mass is 10.0. The van der Waals surface area contributed by atoms with Crippen molar-refractivity contribution in [2.24, 2.45) is 0 Å². The molecule has 1 saturated heterocycles. The highest BCUT2D eigenvalue weighted by molar-refractivity contribution is 7.07. The molecule has 0 spiro atoms. The van der Waals surface area contributed by atoms with Gasteiger partial charge in [0.05, 0.1) is 6.61 Å². The third-order valence-electron chi connectivity index (χ3n) is 2.92. The van der Waals surface area contributed by atoms with E-state index in [1.807, 2.05) is 16.8 Å². The number of amides is 1. The summed E-state index contributed by atoms with van der Waals surface area (Å²) < 4.78 is 5.11. The van der Waals surface area contributed by atoms with E-state index >= 15 is 0 Å². The molecule has 0 unspecified atom stereocenters. The van der Waals surface area contributed by atoms with Crippen molar-refractivity contribution in [2.45, 2.75) is 24.9 Å². The van der Waals surface area contributed by atoms with Crippen LogP contribution in [0.15, 0.2) is 16.8 Å². The molecule has 5 heteroatoms. The van der Waals surface area contributed by atoms with E-state index in [0.29, 0.717) is 26.1 Å². The topological polar surface area (TPSA) is 58.6 Å². The van der Waals surface area contributed by atoms with Crippen molar-refractivity contribution in [1.29, 1.82) is 0 Å². The molecule has 2 rings (SSSR count). The van der Waals surface area contributed by atoms with Crippen LogP contribution in [0.1, 0.15) is 18.4 Å². The second-order valence-electron chi connectivity index (χ2n) is 4.44. The van der Waals surface area contributed by atoms with Crippen LogP contribution in [0, 0.1) is 0 Å². The Morgan fingerprint density at radius 1 is 1.65 bits per heavy atom. The molecule has 0 bridgehead atoms. The van der Waals surface area contributed by atoms with Crippen LogP contribution in [0.2, 0.25) is 0 Å². The van der Waals surface area contributed by atoms with Gasteiger partial charge in [-0.25, -0.2) is 0 Å². The first-order chi connectivity index (χ1) is 8.18. The van der Waals surface area contributed by atoms with Crippen molar-refractivity contribution in [3.63, 3.8) is 0 Å². The summed E-state index contributed by atoms with van der Waals surface area (Å²) in [6.07, 6.45) is 1.82. The number of rotatable bonds is 5. The summed E-state index contributed by atoms with van der Waals surface area (Å²) in [4.78, 5) is 11.6. The first-order valence-corrected chi connectivity index (χ1v) is 6.70. The van der Waals surface area contributed by atoms with E-state index in [0.717, 1.165) is 6.42 Å². The standard InChI is InChI=1S/C12H17NO3S/c14-11(2-1-10-3-6-17-7-10)13-8-12(15)4-5-16-9-12/h3,6-7,15H,1-2,4-5,8-9H2,(H,13,14)/t12-/m0/s1. The number of carbonyl (C=O) groups is 1. The molecule has 1 amide bonds. The predicted molar refractivity (Wildman–Crippen MR) is 66.0 cm³/mol. The fraction of sp³-hybridized carbons (Fsp3) is 0.583. The highest BCUT2D eigenvalue weighted by Crippen LogP contribution is 2.17. The molecule has 17 heavy (non-hydrogen) atoms. The number of thiophene rings is 1. The summed E-state index contributed by atoms with van der Waals surface area (Å²) in [5.74, 6) is -0.0171. The molecule has 1 fully saturated rings. The zero-order valence-corrected chi connectivity index (χ0v) is 10.5. The molecule has 1 aromatic heterocycles. The van der Waals surface area contributed by atoms with Crippen LogP contribution in [0.25, 0.3) is 0 Å². The van der Waals surface area contributed by atoms with Gasteiger partial charge in [0.25, 0.3) is 0 Å². The summed E-state index contributed by atoms with van der Waals surface area (Å²) in [5.41, 5.74) is 0.325. The molecular weight excluding hydrogens is 238 g/mol. The maximum atomic E-state index is 11.6. The minimum Gasteiger partial charge on any atom is -0.386 e. The molecule has 2 N–H and O–H groups in total. The Hall–Kier alpha value is -0.910. The lowest BCUT2D eigenvalue weighted by Crippen LogP contribution is -2.43. The number of ether oxygens (including phenoxy) is 1. The van der Waals surface area contributed by atoms with Gasteiger partial charge >= 0.3 is 0 Å². The van der Waals surface area contributed by atoms with Crippen molar-refractivity contribution in [1.82, 2.24) is 5.32 Å². The molecule has 0 radical (unpaired) electrons. The van der Waals surface area contributed by atoms with Crippen molar-refractivity contribution in [2.75, 3.05) is 19.8 Å². The van der Waals surface area contributed by atoms with E-state index in [1.54, 1.807) is 11.3 Å². The second-order valence-corrected chi connectivity index (χ2v) is 5.22. The average Bonchev–Trinajstić information content (AvgIpc) is 2.95. The molecule has 1 aliphatic heterocycles. The van der Waals surface area contributed by atoms with Crippen LogP contribution in [0.3, 0.4) is 0 Å². The molecule has 1 atom stereocenters. The third kappa shape index (κ3) is 3.80. The molecule has 0 aliphatic carbocycles. The van der Waals surface area contributed by atoms with Crippen LogP contribution in [0.4, 0.5) is 0 Å². The minimum atomic E-state index is -0.863. The highest BCUT2D eigenvalue weighted by Gasteiger charge is 2.32. The number of aliphatic hydroxyl groups is 1. The van der Waals surface area contributed by atoms with Gasteiger partial charge in [0, 0.05) is 26.0 Å². The van der Waals surface area contributed by atoms with Gasteiger partial charge < -0.3 is 15.2 Å². The average molecular weight is 255 g/mol. The fourth-order valence-electron chi connectivity index (χ4n) is 1.78. The molecule has 94 valence electrons. The Labute approximate surface area is 105 Å². The number of carbonyl (C=O) groups excluding carboxylic acids is 1. The molecule has 1 aliphatic rings. The highest BCUT2D eigenvalue weighted by atomic mass is 32.1. The van der Waals surface area contributed by atoms with E-state index in [4.69, 9.17) is 4.74 Å². The van der Waals surface area contributed by atoms with Crippen LogP contribution in [-0.4, -0.2) is 36.4 Å². The Morgan fingerprint density at radius 3 is 3.18 bits per heavy atom. The number of hydrogen-bond donors (Lipinski definition) is 2. The Balaban J connectivity index is 1.67. The van der Waals surface area contributed by atoms with E-state index in [1.165, 1.54) is 5.56 Å². The Bertz CT molecular complexity index is 358. The van der Waals surface area contributed by atoms with Crippen molar-refractivity contribution >= 4 is 17.2 Å². The molecule has 0 saturated carbocycles. The molecule has 2 heterocycles. The lowest BCUT2D eigenvalue weighted by Gasteiger charge is -2.20. The summed E-state index contributed by atoms with van der Waals surface area (Å²) in [7, 11) is 0. The van der Waals surface area contributed by atoms with Crippen LogP contribution >= 0.6 is 11.3 Å². The van der Waals surface area contributed by atoms with E-state index in [-0.39, 0.29) is 12.5 Å². The van der Waals surface area contributed by atoms with Gasteiger partial charge in [0.1, 0.15) is 5.60 Å². The molecular formula is C12H17NO3S. The van der Waals surface area contributed by atoms with Crippen LogP contribution < -0.4 is 5.32 Å². The smallest absolute Gasteiger partial charge is 0.220 e. The predicted octanol–water partition coefficient (Wildman–Crippen LogP) is 0.948. The SMILES string of the molecule is O=C(CCc1ccsc1)NC[C@@]1(O)CCOC1. The van der Waals surface area contributed by atoms with Gasteiger partial charge in [-0.15, -0.1) is 0 Å². The summed E-state index contributed by atoms with van der Waals surface area (Å²) in [6, 6.07) is 2.02. The summed E-state index contributed by atoms with van der Waals surface area (Å²) in [6.45, 7) is 1.18. The van der Waals surface area contributed by atoms with Crippen LogP contribution in [-0.2, 0) is 16.0 Å². The lowest BCUT2D eigenvalue weighted by molar-refractivity contribution is -0.122.